The van der Waals surface area contributed by atoms with Crippen LogP contribution in [0.25, 0.3) is 0 Å². The van der Waals surface area contributed by atoms with Crippen molar-refractivity contribution in [2.75, 3.05) is 6.61 Å². The number of carbonyl (C=O) groups excluding carboxylic acids is 1. The standard InChI is InChI=1S/C17H18Cl2O2Si/c1-22(18,19)13-5-12-21-16-10-8-15(9-11-16)17(20)14-6-3-2-4-7-14/h2-4,6-11H,5,12-13H2,1H3. The van der Waals surface area contributed by atoms with E-state index in [1.807, 2.05) is 49.0 Å². The molecule has 5 heteroatoms. The van der Waals surface area contributed by atoms with Crippen LogP contribution in [0.5, 0.6) is 5.75 Å². The van der Waals surface area contributed by atoms with Crippen LogP contribution in [0.15, 0.2) is 54.6 Å². The first-order chi connectivity index (χ1) is 10.5. The van der Waals surface area contributed by atoms with Gasteiger partial charge in [0.1, 0.15) is 5.75 Å². The molecule has 0 fully saturated rings. The predicted molar refractivity (Wildman–Crippen MR) is 94.6 cm³/mol. The Morgan fingerprint density at radius 1 is 1.00 bits per heavy atom. The van der Waals surface area contributed by atoms with E-state index < -0.39 is 6.69 Å². The van der Waals surface area contributed by atoms with Crippen molar-refractivity contribution in [1.29, 1.82) is 0 Å². The Kier molecular flexibility index (Phi) is 6.06. The predicted octanol–water partition coefficient (Wildman–Crippen LogP) is 5.24. The molecule has 0 bridgehead atoms. The molecule has 0 saturated carbocycles. The summed E-state index contributed by atoms with van der Waals surface area (Å²) < 4.78 is 5.64. The van der Waals surface area contributed by atoms with Crippen LogP contribution in [0.2, 0.25) is 12.6 Å². The van der Waals surface area contributed by atoms with Gasteiger partial charge >= 0.3 is 0 Å². The second-order valence-electron chi connectivity index (χ2n) is 5.24. The first kappa shape index (κ1) is 17.1. The maximum absolute atomic E-state index is 12.3. The second-order valence-corrected chi connectivity index (χ2v) is 13.5. The quantitative estimate of drug-likeness (QED) is 0.295. The highest BCUT2D eigenvalue weighted by molar-refractivity contribution is 7.44. The molecule has 0 aliphatic carbocycles. The molecule has 2 rings (SSSR count). The number of halogens is 2. The van der Waals surface area contributed by atoms with Gasteiger partial charge in [0.2, 0.25) is 6.69 Å². The van der Waals surface area contributed by atoms with E-state index >= 15 is 0 Å². The monoisotopic (exact) mass is 352 g/mol. The van der Waals surface area contributed by atoms with Gasteiger partial charge in [-0.25, -0.2) is 0 Å². The van der Waals surface area contributed by atoms with Gasteiger partial charge in [0.25, 0.3) is 0 Å². The highest BCUT2D eigenvalue weighted by Crippen LogP contribution is 2.22. The van der Waals surface area contributed by atoms with Crippen molar-refractivity contribution in [3.63, 3.8) is 0 Å². The van der Waals surface area contributed by atoms with E-state index in [1.54, 1.807) is 12.1 Å². The lowest BCUT2D eigenvalue weighted by atomic mass is 10.0. The molecule has 0 unspecified atom stereocenters. The zero-order valence-electron chi connectivity index (χ0n) is 12.4. The number of ether oxygens (including phenoxy) is 1. The first-order valence-electron chi connectivity index (χ1n) is 7.16. The van der Waals surface area contributed by atoms with Gasteiger partial charge in [-0.1, -0.05) is 30.3 Å². The number of rotatable bonds is 7. The van der Waals surface area contributed by atoms with Crippen LogP contribution in [-0.2, 0) is 0 Å². The number of benzene rings is 2. The fraction of sp³-hybridized carbons (Fsp3) is 0.235. The molecule has 0 N–H and O–H groups in total. The Labute approximate surface area is 141 Å². The molecule has 2 aromatic carbocycles. The van der Waals surface area contributed by atoms with E-state index in [2.05, 4.69) is 0 Å². The summed E-state index contributed by atoms with van der Waals surface area (Å²) in [4.78, 5) is 12.3. The fourth-order valence-corrected chi connectivity index (χ4v) is 3.60. The Bertz CT molecular complexity index is 607. The van der Waals surface area contributed by atoms with Gasteiger partial charge in [0, 0.05) is 11.1 Å². The minimum atomic E-state index is -2.04. The van der Waals surface area contributed by atoms with Gasteiger partial charge < -0.3 is 4.74 Å². The van der Waals surface area contributed by atoms with Crippen LogP contribution in [0, 0.1) is 0 Å². The maximum atomic E-state index is 12.3. The molecule has 2 aromatic rings. The van der Waals surface area contributed by atoms with Crippen LogP contribution in [0.3, 0.4) is 0 Å². The highest BCUT2D eigenvalue weighted by atomic mass is 35.7. The van der Waals surface area contributed by atoms with Gasteiger partial charge in [-0.3, -0.25) is 4.79 Å². The largest absolute Gasteiger partial charge is 0.494 e. The first-order valence-corrected chi connectivity index (χ1v) is 11.9. The van der Waals surface area contributed by atoms with Crippen LogP contribution in [0.1, 0.15) is 22.3 Å². The van der Waals surface area contributed by atoms with E-state index in [-0.39, 0.29) is 5.78 Å². The molecule has 116 valence electrons. The van der Waals surface area contributed by atoms with E-state index in [0.29, 0.717) is 17.7 Å². The van der Waals surface area contributed by atoms with E-state index in [0.717, 1.165) is 18.2 Å². The summed E-state index contributed by atoms with van der Waals surface area (Å²) in [6.45, 7) is 0.443. The van der Waals surface area contributed by atoms with Crippen molar-refractivity contribution in [2.24, 2.45) is 0 Å². The molecular weight excluding hydrogens is 335 g/mol. The Morgan fingerprint density at radius 2 is 1.59 bits per heavy atom. The summed E-state index contributed by atoms with van der Waals surface area (Å²) in [6.07, 6.45) is 0.834. The third-order valence-corrected chi connectivity index (χ3v) is 5.55. The number of ketones is 1. The van der Waals surface area contributed by atoms with E-state index in [4.69, 9.17) is 26.9 Å². The summed E-state index contributed by atoms with van der Waals surface area (Å²) >= 11 is 12.1. The molecule has 0 aliphatic heterocycles. The number of hydrogen-bond acceptors (Lipinski definition) is 2. The lowest BCUT2D eigenvalue weighted by molar-refractivity contribution is 0.103. The van der Waals surface area contributed by atoms with Crippen molar-refractivity contribution in [3.05, 3.63) is 65.7 Å². The minimum absolute atomic E-state index is 0.0122. The highest BCUT2D eigenvalue weighted by Gasteiger charge is 2.19. The lowest BCUT2D eigenvalue weighted by Crippen LogP contribution is -2.13. The normalized spacial score (nSPS) is 11.2. The molecule has 0 atom stereocenters. The molecule has 0 radical (unpaired) electrons. The molecule has 0 amide bonds. The van der Waals surface area contributed by atoms with Crippen molar-refractivity contribution in [3.8, 4) is 5.75 Å². The summed E-state index contributed by atoms with van der Waals surface area (Å²) in [5.41, 5.74) is 1.34. The molecular formula is C17H18Cl2O2Si. The van der Waals surface area contributed by atoms with Gasteiger partial charge in [0.05, 0.1) is 6.61 Å². The summed E-state index contributed by atoms with van der Waals surface area (Å²) in [6, 6.07) is 17.2. The Balaban J connectivity index is 1.89. The maximum Gasteiger partial charge on any atom is 0.248 e. The summed E-state index contributed by atoms with van der Waals surface area (Å²) in [7, 11) is 0. The number of carbonyl (C=O) groups is 1. The van der Waals surface area contributed by atoms with Gasteiger partial charge in [0.15, 0.2) is 5.78 Å². The molecule has 0 heterocycles. The van der Waals surface area contributed by atoms with E-state index in [9.17, 15) is 4.79 Å². The van der Waals surface area contributed by atoms with Crippen LogP contribution in [0.4, 0.5) is 0 Å². The molecule has 2 nitrogen and oxygen atoms in total. The third-order valence-electron chi connectivity index (χ3n) is 3.18. The van der Waals surface area contributed by atoms with Crippen molar-refractivity contribution in [2.45, 2.75) is 19.0 Å². The van der Waals surface area contributed by atoms with Crippen LogP contribution >= 0.6 is 22.2 Å². The fourth-order valence-electron chi connectivity index (χ4n) is 2.03. The second kappa shape index (κ2) is 7.81. The average Bonchev–Trinajstić information content (AvgIpc) is 2.51. The van der Waals surface area contributed by atoms with Crippen LogP contribution in [-0.4, -0.2) is 19.1 Å². The SMILES string of the molecule is C[Si](Cl)(Cl)CCCOc1ccc(C(=O)c2ccccc2)cc1. The van der Waals surface area contributed by atoms with Gasteiger partial charge in [-0.2, -0.15) is 0 Å². The Morgan fingerprint density at radius 3 is 2.18 bits per heavy atom. The molecule has 0 saturated heterocycles. The average molecular weight is 353 g/mol. The lowest BCUT2D eigenvalue weighted by Gasteiger charge is -2.11. The van der Waals surface area contributed by atoms with Crippen molar-refractivity contribution in [1.82, 2.24) is 0 Å². The zero-order chi connectivity index (χ0) is 16.0. The zero-order valence-corrected chi connectivity index (χ0v) is 14.9. The van der Waals surface area contributed by atoms with Crippen molar-refractivity contribution < 1.29 is 9.53 Å². The van der Waals surface area contributed by atoms with E-state index in [1.165, 1.54) is 0 Å². The van der Waals surface area contributed by atoms with Gasteiger partial charge in [-0.05, 0) is 43.3 Å². The molecule has 0 spiro atoms. The smallest absolute Gasteiger partial charge is 0.248 e. The summed E-state index contributed by atoms with van der Waals surface area (Å²) in [5.74, 6) is 0.760. The molecule has 22 heavy (non-hydrogen) atoms. The topological polar surface area (TPSA) is 26.3 Å². The van der Waals surface area contributed by atoms with Crippen molar-refractivity contribution >= 4 is 34.6 Å². The minimum Gasteiger partial charge on any atom is -0.494 e. The van der Waals surface area contributed by atoms with Crippen LogP contribution < -0.4 is 4.74 Å². The number of hydrogen-bond donors (Lipinski definition) is 0. The summed E-state index contributed by atoms with van der Waals surface area (Å²) in [5, 5.41) is 0. The van der Waals surface area contributed by atoms with Gasteiger partial charge in [-0.15, -0.1) is 22.2 Å². The molecule has 0 aromatic heterocycles. The third kappa shape index (κ3) is 5.48. The Hall–Kier alpha value is -1.29. The molecule has 0 aliphatic rings.